The minimum absolute atomic E-state index is 0.00381. The number of nitrogens with two attached hydrogens (primary N) is 1. The molecule has 0 saturated heterocycles. The fourth-order valence-electron chi connectivity index (χ4n) is 1.24. The fourth-order valence-corrected chi connectivity index (χ4v) is 1.40. The molecule has 0 aromatic heterocycles. The highest BCUT2D eigenvalue weighted by molar-refractivity contribution is 6.30. The summed E-state index contributed by atoms with van der Waals surface area (Å²) in [5.41, 5.74) is 5.23. The Balaban J connectivity index is 2.85. The van der Waals surface area contributed by atoms with Gasteiger partial charge in [-0.3, -0.25) is 4.79 Å². The molecule has 2 nitrogen and oxygen atoms in total. The van der Waals surface area contributed by atoms with E-state index in [2.05, 4.69) is 0 Å². The number of halogens is 2. The summed E-state index contributed by atoms with van der Waals surface area (Å²) in [7, 11) is 0. The molecule has 2 N–H and O–H groups in total. The van der Waals surface area contributed by atoms with Gasteiger partial charge in [0, 0.05) is 11.4 Å². The summed E-state index contributed by atoms with van der Waals surface area (Å²) in [5.74, 6) is -0.635. The minimum Gasteiger partial charge on any atom is -0.319 e. The molecule has 1 atom stereocenters. The van der Waals surface area contributed by atoms with Gasteiger partial charge in [0.2, 0.25) is 0 Å². The summed E-state index contributed by atoms with van der Waals surface area (Å²) in [4.78, 5) is 11.8. The highest BCUT2D eigenvalue weighted by atomic mass is 35.5. The molecular formula is C12H15ClFNO. The largest absolute Gasteiger partial charge is 0.319 e. The molecule has 0 aliphatic carbocycles. The molecule has 0 amide bonds. The maximum atomic E-state index is 13.4. The Kier molecular flexibility index (Phi) is 4.05. The molecule has 88 valence electrons. The van der Waals surface area contributed by atoms with E-state index < -0.39 is 11.4 Å². The van der Waals surface area contributed by atoms with E-state index in [-0.39, 0.29) is 12.2 Å². The Morgan fingerprint density at radius 3 is 2.69 bits per heavy atom. The third-order valence-corrected chi connectivity index (χ3v) is 2.97. The summed E-state index contributed by atoms with van der Waals surface area (Å²) >= 11 is 5.62. The van der Waals surface area contributed by atoms with Crippen LogP contribution in [0.1, 0.15) is 25.8 Å². The number of carbonyl (C=O) groups excluding carboxylic acids is 1. The van der Waals surface area contributed by atoms with Crippen molar-refractivity contribution in [2.24, 2.45) is 5.73 Å². The normalized spacial score (nSPS) is 14.6. The Bertz CT molecular complexity index is 404. The molecular weight excluding hydrogens is 229 g/mol. The van der Waals surface area contributed by atoms with Gasteiger partial charge < -0.3 is 5.73 Å². The van der Waals surface area contributed by atoms with Crippen molar-refractivity contribution in [1.29, 1.82) is 0 Å². The summed E-state index contributed by atoms with van der Waals surface area (Å²) in [5, 5.41) is 0.319. The first-order valence-corrected chi connectivity index (χ1v) is 5.50. The summed E-state index contributed by atoms with van der Waals surface area (Å²) in [6, 6.07) is 4.28. The van der Waals surface area contributed by atoms with Crippen LogP contribution < -0.4 is 5.73 Å². The minimum atomic E-state index is -0.897. The van der Waals surface area contributed by atoms with E-state index in [9.17, 15) is 9.18 Å². The predicted molar refractivity (Wildman–Crippen MR) is 63.0 cm³/mol. The average Bonchev–Trinajstić information content (AvgIpc) is 2.22. The second-order valence-corrected chi connectivity index (χ2v) is 4.54. The molecule has 0 radical (unpaired) electrons. The third-order valence-electron chi connectivity index (χ3n) is 2.74. The van der Waals surface area contributed by atoms with Gasteiger partial charge in [-0.25, -0.2) is 4.39 Å². The molecule has 0 spiro atoms. The fraction of sp³-hybridized carbons (Fsp3) is 0.417. The van der Waals surface area contributed by atoms with Crippen molar-refractivity contribution in [3.63, 3.8) is 0 Å². The first kappa shape index (κ1) is 13.1. The lowest BCUT2D eigenvalue weighted by molar-refractivity contribution is -0.123. The van der Waals surface area contributed by atoms with Crippen molar-refractivity contribution in [3.05, 3.63) is 34.6 Å². The van der Waals surface area contributed by atoms with E-state index >= 15 is 0 Å². The number of rotatable bonds is 4. The van der Waals surface area contributed by atoms with E-state index in [0.29, 0.717) is 17.0 Å². The number of hydrogen-bond acceptors (Lipinski definition) is 2. The highest BCUT2D eigenvalue weighted by Gasteiger charge is 2.26. The van der Waals surface area contributed by atoms with Gasteiger partial charge in [-0.2, -0.15) is 0 Å². The van der Waals surface area contributed by atoms with Crippen LogP contribution in [0.15, 0.2) is 18.2 Å². The average molecular weight is 244 g/mol. The zero-order chi connectivity index (χ0) is 12.3. The second kappa shape index (κ2) is 4.93. The lowest BCUT2D eigenvalue weighted by Gasteiger charge is -2.20. The van der Waals surface area contributed by atoms with Crippen LogP contribution in [0.5, 0.6) is 0 Å². The molecule has 1 aromatic rings. The SMILES string of the molecule is CCC(C)(N)C(=O)Cc1ccc(Cl)cc1F. The standard InChI is InChI=1S/C12H15ClFNO/c1-3-12(2,15)11(16)6-8-4-5-9(13)7-10(8)14/h4-5,7H,3,6,15H2,1-2H3. The summed E-state index contributed by atoms with van der Waals surface area (Å²) in [6.45, 7) is 3.49. The van der Waals surface area contributed by atoms with Gasteiger partial charge in [-0.05, 0) is 31.0 Å². The van der Waals surface area contributed by atoms with Gasteiger partial charge in [-0.1, -0.05) is 24.6 Å². The van der Waals surface area contributed by atoms with Crippen molar-refractivity contribution >= 4 is 17.4 Å². The molecule has 4 heteroatoms. The molecule has 1 unspecified atom stereocenters. The number of hydrogen-bond donors (Lipinski definition) is 1. The van der Waals surface area contributed by atoms with Gasteiger partial charge in [0.05, 0.1) is 5.54 Å². The number of ketones is 1. The number of carbonyl (C=O) groups is 1. The predicted octanol–water partition coefficient (Wildman–Crippen LogP) is 2.72. The van der Waals surface area contributed by atoms with Gasteiger partial charge in [0.15, 0.2) is 5.78 Å². The number of Topliss-reactive ketones (excluding diaryl/α,β-unsaturated/α-hetero) is 1. The Labute approximate surface area is 99.6 Å². The van der Waals surface area contributed by atoms with Crippen molar-refractivity contribution in [1.82, 2.24) is 0 Å². The van der Waals surface area contributed by atoms with Gasteiger partial charge in [0.1, 0.15) is 5.82 Å². The van der Waals surface area contributed by atoms with Crippen LogP contribution in [-0.2, 0) is 11.2 Å². The van der Waals surface area contributed by atoms with Crippen molar-refractivity contribution in [2.45, 2.75) is 32.2 Å². The van der Waals surface area contributed by atoms with Crippen molar-refractivity contribution < 1.29 is 9.18 Å². The topological polar surface area (TPSA) is 43.1 Å². The third kappa shape index (κ3) is 3.03. The lowest BCUT2D eigenvalue weighted by Crippen LogP contribution is -2.45. The van der Waals surface area contributed by atoms with Crippen LogP contribution in [-0.4, -0.2) is 11.3 Å². The molecule has 16 heavy (non-hydrogen) atoms. The van der Waals surface area contributed by atoms with E-state index in [1.165, 1.54) is 12.1 Å². The summed E-state index contributed by atoms with van der Waals surface area (Å²) in [6.07, 6.45) is 0.533. The zero-order valence-electron chi connectivity index (χ0n) is 9.39. The van der Waals surface area contributed by atoms with Crippen LogP contribution >= 0.6 is 11.6 Å². The smallest absolute Gasteiger partial charge is 0.156 e. The molecule has 0 saturated carbocycles. The Morgan fingerprint density at radius 1 is 1.56 bits per heavy atom. The first-order chi connectivity index (χ1) is 7.36. The Hall–Kier alpha value is -0.930. The van der Waals surface area contributed by atoms with Crippen molar-refractivity contribution in [2.75, 3.05) is 0 Å². The van der Waals surface area contributed by atoms with E-state index in [0.717, 1.165) is 0 Å². The maximum Gasteiger partial charge on any atom is 0.156 e. The molecule has 0 aliphatic heterocycles. The maximum absolute atomic E-state index is 13.4. The zero-order valence-corrected chi connectivity index (χ0v) is 10.1. The van der Waals surface area contributed by atoms with E-state index in [4.69, 9.17) is 17.3 Å². The monoisotopic (exact) mass is 243 g/mol. The van der Waals surface area contributed by atoms with Crippen molar-refractivity contribution in [3.8, 4) is 0 Å². The number of benzene rings is 1. The quantitative estimate of drug-likeness (QED) is 0.884. The van der Waals surface area contributed by atoms with Crippen LogP contribution in [0.4, 0.5) is 4.39 Å². The van der Waals surface area contributed by atoms with Gasteiger partial charge >= 0.3 is 0 Å². The molecule has 0 aliphatic rings. The summed E-state index contributed by atoms with van der Waals surface area (Å²) < 4.78 is 13.4. The highest BCUT2D eigenvalue weighted by Crippen LogP contribution is 2.17. The van der Waals surface area contributed by atoms with E-state index in [1.807, 2.05) is 6.92 Å². The first-order valence-electron chi connectivity index (χ1n) is 5.13. The molecule has 1 aromatic carbocycles. The molecule has 1 rings (SSSR count). The molecule has 0 bridgehead atoms. The van der Waals surface area contributed by atoms with Crippen LogP contribution in [0.2, 0.25) is 5.02 Å². The van der Waals surface area contributed by atoms with Crippen LogP contribution in [0.3, 0.4) is 0 Å². The van der Waals surface area contributed by atoms with Crippen LogP contribution in [0.25, 0.3) is 0 Å². The van der Waals surface area contributed by atoms with E-state index in [1.54, 1.807) is 13.0 Å². The Morgan fingerprint density at radius 2 is 2.19 bits per heavy atom. The second-order valence-electron chi connectivity index (χ2n) is 4.11. The van der Waals surface area contributed by atoms with Gasteiger partial charge in [0.25, 0.3) is 0 Å². The molecule has 0 fully saturated rings. The lowest BCUT2D eigenvalue weighted by atomic mass is 9.90. The van der Waals surface area contributed by atoms with Crippen LogP contribution in [0, 0.1) is 5.82 Å². The van der Waals surface area contributed by atoms with Gasteiger partial charge in [-0.15, -0.1) is 0 Å². The molecule has 0 heterocycles.